The van der Waals surface area contributed by atoms with Crippen LogP contribution < -0.4 is 0 Å². The van der Waals surface area contributed by atoms with Crippen LogP contribution in [-0.4, -0.2) is 16.9 Å². The zero-order chi connectivity index (χ0) is 5.54. The predicted octanol–water partition coefficient (Wildman–Crippen LogP) is 1.31. The van der Waals surface area contributed by atoms with Gasteiger partial charge in [0.2, 0.25) is 0 Å². The Bertz CT molecular complexity index is 75.9. The van der Waals surface area contributed by atoms with Crippen LogP contribution in [0.2, 0.25) is 0 Å². The molecule has 0 aliphatic heterocycles. The van der Waals surface area contributed by atoms with Crippen LogP contribution in [0.1, 0.15) is 26.2 Å². The van der Waals surface area contributed by atoms with E-state index in [2.05, 4.69) is 34.4 Å². The van der Waals surface area contributed by atoms with Crippen molar-refractivity contribution in [3.8, 4) is 10.6 Å². The first-order chi connectivity index (χ1) is 3.41. The minimum atomic E-state index is 1.06. The van der Waals surface area contributed by atoms with Gasteiger partial charge in [0.05, 0.1) is 0 Å². The van der Waals surface area contributed by atoms with E-state index in [1.165, 1.54) is 12.8 Å². The Morgan fingerprint density at radius 1 is 1.57 bits per heavy atom. The Hall–Kier alpha value is 0.118. The van der Waals surface area contributed by atoms with E-state index in [0.717, 1.165) is 6.42 Å². The second-order valence-corrected chi connectivity index (χ2v) is 1.86. The molecule has 0 N–H and O–H groups in total. The molecule has 0 amide bonds. The first-order valence-corrected chi connectivity index (χ1v) is 3.47. The van der Waals surface area contributed by atoms with Crippen molar-refractivity contribution in [1.29, 1.82) is 0 Å². The molecular formula is C6H9As. The summed E-state index contributed by atoms with van der Waals surface area (Å²) in [5.41, 5.74) is 0. The number of rotatable bonds is 2. The minimum absolute atomic E-state index is 1.06. The van der Waals surface area contributed by atoms with Gasteiger partial charge < -0.3 is 0 Å². The maximum absolute atomic E-state index is 2.97. The summed E-state index contributed by atoms with van der Waals surface area (Å²) in [5, 5.41) is 0. The second kappa shape index (κ2) is 6.12. The van der Waals surface area contributed by atoms with Gasteiger partial charge in [0, 0.05) is 0 Å². The number of unbranched alkanes of at least 4 members (excludes halogenated alkanes) is 2. The molecule has 0 aromatic carbocycles. The van der Waals surface area contributed by atoms with Gasteiger partial charge in [-0.25, -0.2) is 0 Å². The molecule has 1 heteroatoms. The van der Waals surface area contributed by atoms with Gasteiger partial charge in [-0.3, -0.25) is 0 Å². The molecule has 0 bridgehead atoms. The molecule has 0 heterocycles. The van der Waals surface area contributed by atoms with Crippen LogP contribution in [0.3, 0.4) is 0 Å². The predicted molar refractivity (Wildman–Crippen MR) is 33.1 cm³/mol. The molecule has 0 saturated carbocycles. The Morgan fingerprint density at radius 3 is 2.71 bits per heavy atom. The van der Waals surface area contributed by atoms with Gasteiger partial charge in [0.25, 0.3) is 0 Å². The van der Waals surface area contributed by atoms with Crippen LogP contribution in [-0.2, 0) is 0 Å². The molecule has 0 aliphatic carbocycles. The fraction of sp³-hybridized carbons (Fsp3) is 0.667. The molecule has 0 aliphatic rings. The van der Waals surface area contributed by atoms with Crippen molar-refractivity contribution in [2.45, 2.75) is 26.2 Å². The Balaban J connectivity index is 2.78. The van der Waals surface area contributed by atoms with Gasteiger partial charge in [0.1, 0.15) is 0 Å². The molecule has 0 atom stereocenters. The summed E-state index contributed by atoms with van der Waals surface area (Å²) in [6.45, 7) is 2.17. The third-order valence-corrected chi connectivity index (χ3v) is 1.07. The van der Waals surface area contributed by atoms with E-state index in [9.17, 15) is 0 Å². The average Bonchev–Trinajstić information content (AvgIpc) is 1.69. The molecule has 0 rings (SSSR count). The first kappa shape index (κ1) is 7.12. The topological polar surface area (TPSA) is 0 Å². The molecule has 0 aromatic rings. The monoisotopic (exact) mass is 156 g/mol. The molecule has 0 aromatic heterocycles. The molecule has 0 unspecified atom stereocenters. The van der Waals surface area contributed by atoms with Crippen LogP contribution >= 0.6 is 0 Å². The second-order valence-electron chi connectivity index (χ2n) is 1.39. The normalized spacial score (nSPS) is 7.14. The summed E-state index contributed by atoms with van der Waals surface area (Å²) >= 11 is 2.26. The van der Waals surface area contributed by atoms with Crippen molar-refractivity contribution < 1.29 is 0 Å². The Morgan fingerprint density at radius 2 is 2.29 bits per heavy atom. The summed E-state index contributed by atoms with van der Waals surface area (Å²) in [6.07, 6.45) is 3.55. The van der Waals surface area contributed by atoms with Crippen LogP contribution in [0.4, 0.5) is 0 Å². The van der Waals surface area contributed by atoms with Crippen LogP contribution in [0.5, 0.6) is 0 Å². The Labute approximate surface area is 54.2 Å². The molecule has 0 fully saturated rings. The van der Waals surface area contributed by atoms with Crippen molar-refractivity contribution in [2.24, 2.45) is 0 Å². The summed E-state index contributed by atoms with van der Waals surface area (Å²) in [7, 11) is 0. The maximum atomic E-state index is 2.97. The van der Waals surface area contributed by atoms with E-state index in [4.69, 9.17) is 0 Å². The molecule has 0 spiro atoms. The van der Waals surface area contributed by atoms with Crippen molar-refractivity contribution in [1.82, 2.24) is 0 Å². The van der Waals surface area contributed by atoms with Crippen molar-refractivity contribution in [2.75, 3.05) is 0 Å². The van der Waals surface area contributed by atoms with E-state index >= 15 is 0 Å². The fourth-order valence-corrected chi connectivity index (χ4v) is 0.556. The van der Waals surface area contributed by atoms with Gasteiger partial charge in [-0.1, -0.05) is 0 Å². The number of hydrogen-bond acceptors (Lipinski definition) is 0. The molecular weight excluding hydrogens is 147 g/mol. The van der Waals surface area contributed by atoms with Crippen molar-refractivity contribution in [3.63, 3.8) is 0 Å². The fourth-order valence-electron chi connectivity index (χ4n) is 0.321. The van der Waals surface area contributed by atoms with Crippen LogP contribution in [0.15, 0.2) is 0 Å². The zero-order valence-corrected chi connectivity index (χ0v) is 6.45. The molecule has 2 radical (unpaired) electrons. The summed E-state index contributed by atoms with van der Waals surface area (Å²) in [6, 6.07) is 0. The third kappa shape index (κ3) is 6.12. The molecule has 38 valence electrons. The van der Waals surface area contributed by atoms with Gasteiger partial charge >= 0.3 is 53.7 Å². The molecule has 0 nitrogen and oxygen atoms in total. The number of hydrogen-bond donors (Lipinski definition) is 0. The Kier molecular flexibility index (Phi) is 6.22. The first-order valence-electron chi connectivity index (χ1n) is 2.53. The van der Waals surface area contributed by atoms with Crippen molar-refractivity contribution in [3.05, 3.63) is 0 Å². The van der Waals surface area contributed by atoms with Gasteiger partial charge in [-0.15, -0.1) is 0 Å². The van der Waals surface area contributed by atoms with Crippen LogP contribution in [0, 0.1) is 10.6 Å². The van der Waals surface area contributed by atoms with E-state index in [0.29, 0.717) is 0 Å². The standard InChI is InChI=1S/C6H9As/c1-2-3-4-5-6-7/h2-4H2,1H3. The van der Waals surface area contributed by atoms with Crippen LogP contribution in [0.25, 0.3) is 0 Å². The summed E-state index contributed by atoms with van der Waals surface area (Å²) in [4.78, 5) is 0. The summed E-state index contributed by atoms with van der Waals surface area (Å²) < 4.78 is 2.79. The van der Waals surface area contributed by atoms with Gasteiger partial charge in [-0.05, 0) is 0 Å². The quantitative estimate of drug-likeness (QED) is 0.321. The van der Waals surface area contributed by atoms with Gasteiger partial charge in [0.15, 0.2) is 0 Å². The zero-order valence-electron chi connectivity index (χ0n) is 4.57. The van der Waals surface area contributed by atoms with E-state index in [1.54, 1.807) is 0 Å². The van der Waals surface area contributed by atoms with Crippen molar-refractivity contribution >= 4 is 16.9 Å². The third-order valence-electron chi connectivity index (χ3n) is 0.734. The summed E-state index contributed by atoms with van der Waals surface area (Å²) in [5.74, 6) is 2.97. The van der Waals surface area contributed by atoms with E-state index in [-0.39, 0.29) is 0 Å². The van der Waals surface area contributed by atoms with Gasteiger partial charge in [-0.2, -0.15) is 0 Å². The van der Waals surface area contributed by atoms with E-state index in [1.807, 2.05) is 0 Å². The molecule has 7 heavy (non-hydrogen) atoms. The van der Waals surface area contributed by atoms with E-state index < -0.39 is 0 Å². The SMILES string of the molecule is CCCCC#C[As]. The average molecular weight is 156 g/mol. The molecule has 0 saturated heterocycles.